The van der Waals surface area contributed by atoms with Crippen molar-refractivity contribution in [2.45, 2.75) is 46.0 Å². The highest BCUT2D eigenvalue weighted by molar-refractivity contribution is 9.10. The van der Waals surface area contributed by atoms with Crippen molar-refractivity contribution in [1.82, 2.24) is 14.8 Å². The molecule has 38 heavy (non-hydrogen) atoms. The highest BCUT2D eigenvalue weighted by atomic mass is 79.9. The number of benzene rings is 1. The van der Waals surface area contributed by atoms with Crippen LogP contribution in [0.3, 0.4) is 0 Å². The van der Waals surface area contributed by atoms with E-state index in [2.05, 4.69) is 93.0 Å². The molecule has 1 aromatic carbocycles. The zero-order chi connectivity index (χ0) is 26.3. The van der Waals surface area contributed by atoms with Crippen molar-refractivity contribution in [3.8, 4) is 0 Å². The summed E-state index contributed by atoms with van der Waals surface area (Å²) in [6.07, 6.45) is 12.2. The number of hydrogen-bond donors (Lipinski definition) is 0. The highest BCUT2D eigenvalue weighted by Gasteiger charge is 2.26. The van der Waals surface area contributed by atoms with E-state index in [-0.39, 0.29) is 0 Å². The Morgan fingerprint density at radius 3 is 2.63 bits per heavy atom. The number of anilines is 1. The van der Waals surface area contributed by atoms with Gasteiger partial charge in [0, 0.05) is 79.7 Å². The summed E-state index contributed by atoms with van der Waals surface area (Å²) in [7, 11) is 0. The lowest BCUT2D eigenvalue weighted by molar-refractivity contribution is 0.0558. The number of rotatable bonds is 9. The van der Waals surface area contributed by atoms with Crippen LogP contribution >= 0.6 is 15.9 Å². The second-order valence-corrected chi connectivity index (χ2v) is 11.5. The average molecular weight is 578 g/mol. The molecule has 0 atom stereocenters. The molecule has 0 spiro atoms. The van der Waals surface area contributed by atoms with Gasteiger partial charge in [0.1, 0.15) is 12.5 Å². The molecule has 202 valence electrons. The van der Waals surface area contributed by atoms with Crippen LogP contribution in [-0.4, -0.2) is 67.3 Å². The first kappa shape index (κ1) is 27.2. The molecule has 3 aliphatic rings. The maximum absolute atomic E-state index is 6.37. The number of aromatic nitrogens is 1. The average Bonchev–Trinajstić information content (AvgIpc) is 3.10. The quantitative estimate of drug-likeness (QED) is 0.311. The van der Waals surface area contributed by atoms with Crippen molar-refractivity contribution in [2.75, 3.05) is 57.4 Å². The summed E-state index contributed by atoms with van der Waals surface area (Å²) in [5.74, 6) is 1.11. The van der Waals surface area contributed by atoms with Crippen LogP contribution in [0.15, 0.2) is 76.1 Å². The maximum Gasteiger partial charge on any atom is 0.141 e. The molecular formula is C32H41BrN4O. The van der Waals surface area contributed by atoms with Gasteiger partial charge in [-0.2, -0.15) is 0 Å². The fourth-order valence-corrected chi connectivity index (χ4v) is 5.91. The molecule has 1 aliphatic carbocycles. The first-order valence-electron chi connectivity index (χ1n) is 14.3. The Labute approximate surface area is 237 Å². The van der Waals surface area contributed by atoms with Crippen LogP contribution in [0.1, 0.15) is 50.8 Å². The number of pyridine rings is 1. The number of unbranched alkanes of at least 4 members (excludes halogenated alkanes) is 1. The van der Waals surface area contributed by atoms with Crippen LogP contribution in [0, 0.1) is 0 Å². The van der Waals surface area contributed by atoms with E-state index in [4.69, 9.17) is 9.72 Å². The topological polar surface area (TPSA) is 31.8 Å². The lowest BCUT2D eigenvalue weighted by Gasteiger charge is -2.36. The Morgan fingerprint density at radius 2 is 1.87 bits per heavy atom. The molecule has 0 amide bonds. The molecular weight excluding hydrogens is 536 g/mol. The van der Waals surface area contributed by atoms with Gasteiger partial charge in [-0.25, -0.2) is 0 Å². The third-order valence-electron chi connectivity index (χ3n) is 7.97. The molecule has 5 nitrogen and oxygen atoms in total. The summed E-state index contributed by atoms with van der Waals surface area (Å²) in [6.45, 7) is 12.4. The van der Waals surface area contributed by atoms with Gasteiger partial charge in [0.25, 0.3) is 0 Å². The number of ether oxygens (including phenoxy) is 1. The van der Waals surface area contributed by atoms with Crippen molar-refractivity contribution in [1.29, 1.82) is 0 Å². The third kappa shape index (κ3) is 6.77. The molecule has 2 aliphatic heterocycles. The highest BCUT2D eigenvalue weighted by Crippen LogP contribution is 2.32. The van der Waals surface area contributed by atoms with Crippen LogP contribution in [-0.2, 0) is 11.2 Å². The van der Waals surface area contributed by atoms with Crippen LogP contribution in [0.25, 0.3) is 5.57 Å². The largest absolute Gasteiger partial charge is 0.482 e. The van der Waals surface area contributed by atoms with Crippen molar-refractivity contribution in [3.05, 3.63) is 87.4 Å². The standard InChI is InChI=1S/C32H41BrN4O/c1-3-5-7-25(4-2)13-15-36-23-27-20-26(30-8-6-14-34-31(30)21-32(27)38-24-36)22-35-16-18-37(19-17-35)29-11-9-28(33)10-12-29/h6-12,14,20H,3-5,13,15-19,21-24H2,1-2H3/b25-7+. The van der Waals surface area contributed by atoms with Gasteiger partial charge in [-0.1, -0.05) is 53.9 Å². The Morgan fingerprint density at radius 1 is 1.05 bits per heavy atom. The first-order valence-corrected chi connectivity index (χ1v) is 15.0. The summed E-state index contributed by atoms with van der Waals surface area (Å²) in [6, 6.07) is 13.0. The molecule has 1 fully saturated rings. The molecule has 0 unspecified atom stereocenters. The molecule has 0 bridgehead atoms. The summed E-state index contributed by atoms with van der Waals surface area (Å²) in [5, 5.41) is 0. The van der Waals surface area contributed by atoms with Gasteiger partial charge in [0.2, 0.25) is 0 Å². The molecule has 0 saturated carbocycles. The molecule has 6 heteroatoms. The third-order valence-corrected chi connectivity index (χ3v) is 8.50. The zero-order valence-electron chi connectivity index (χ0n) is 23.0. The number of allylic oxidation sites excluding steroid dienone is 2. The number of halogens is 1. The Kier molecular flexibility index (Phi) is 9.36. The zero-order valence-corrected chi connectivity index (χ0v) is 24.5. The van der Waals surface area contributed by atoms with Crippen molar-refractivity contribution >= 4 is 27.2 Å². The van der Waals surface area contributed by atoms with E-state index < -0.39 is 0 Å². The smallest absolute Gasteiger partial charge is 0.141 e. The summed E-state index contributed by atoms with van der Waals surface area (Å²) in [5.41, 5.74) is 8.00. The van der Waals surface area contributed by atoms with Crippen molar-refractivity contribution in [2.24, 2.45) is 0 Å². The number of fused-ring (bicyclic) bond motifs is 1. The molecule has 1 aromatic heterocycles. The minimum atomic E-state index is 0.674. The van der Waals surface area contributed by atoms with E-state index in [1.165, 1.54) is 35.2 Å². The summed E-state index contributed by atoms with van der Waals surface area (Å²) < 4.78 is 7.50. The molecule has 2 aromatic rings. The molecule has 1 saturated heterocycles. The molecule has 5 rings (SSSR count). The molecule has 0 N–H and O–H groups in total. The van der Waals surface area contributed by atoms with E-state index in [1.54, 1.807) is 5.57 Å². The van der Waals surface area contributed by atoms with Crippen LogP contribution < -0.4 is 4.90 Å². The molecule has 0 radical (unpaired) electrons. The fourth-order valence-electron chi connectivity index (χ4n) is 5.64. The van der Waals surface area contributed by atoms with Crippen LogP contribution in [0.2, 0.25) is 0 Å². The SMILES string of the molecule is CCC/C=C(\CC)CCN1COC2=C(C=C(CN3CCN(c4ccc(Br)cc4)CC3)c3cccnc3C2)C1. The second kappa shape index (κ2) is 13.1. The van der Waals surface area contributed by atoms with Gasteiger partial charge in [-0.05, 0) is 61.2 Å². The van der Waals surface area contributed by atoms with E-state index in [0.717, 1.165) is 81.0 Å². The summed E-state index contributed by atoms with van der Waals surface area (Å²) in [4.78, 5) is 12.3. The summed E-state index contributed by atoms with van der Waals surface area (Å²) >= 11 is 3.55. The van der Waals surface area contributed by atoms with E-state index >= 15 is 0 Å². The van der Waals surface area contributed by atoms with Crippen molar-refractivity contribution < 1.29 is 4.74 Å². The van der Waals surface area contributed by atoms with E-state index in [0.29, 0.717) is 6.73 Å². The van der Waals surface area contributed by atoms with E-state index in [1.807, 2.05) is 6.20 Å². The Hall–Kier alpha value is -2.41. The van der Waals surface area contributed by atoms with E-state index in [9.17, 15) is 0 Å². The van der Waals surface area contributed by atoms with Crippen LogP contribution in [0.4, 0.5) is 5.69 Å². The number of nitrogens with zero attached hydrogens (tertiary/aromatic N) is 4. The van der Waals surface area contributed by atoms with Gasteiger partial charge in [-0.15, -0.1) is 0 Å². The fraction of sp³-hybridized carbons (Fsp3) is 0.469. The first-order chi connectivity index (χ1) is 18.6. The van der Waals surface area contributed by atoms with Crippen LogP contribution in [0.5, 0.6) is 0 Å². The normalized spacial score (nSPS) is 19.0. The predicted octanol–water partition coefficient (Wildman–Crippen LogP) is 6.68. The monoisotopic (exact) mass is 576 g/mol. The lowest BCUT2D eigenvalue weighted by atomic mass is 10.0. The minimum Gasteiger partial charge on any atom is -0.482 e. The van der Waals surface area contributed by atoms with Gasteiger partial charge < -0.3 is 9.64 Å². The Bertz CT molecular complexity index is 1180. The van der Waals surface area contributed by atoms with Gasteiger partial charge in [-0.3, -0.25) is 14.8 Å². The van der Waals surface area contributed by atoms with Gasteiger partial charge >= 0.3 is 0 Å². The predicted molar refractivity (Wildman–Crippen MR) is 161 cm³/mol. The van der Waals surface area contributed by atoms with Gasteiger partial charge in [0.05, 0.1) is 5.69 Å². The van der Waals surface area contributed by atoms with Crippen molar-refractivity contribution in [3.63, 3.8) is 0 Å². The second-order valence-electron chi connectivity index (χ2n) is 10.6. The maximum atomic E-state index is 6.37. The lowest BCUT2D eigenvalue weighted by Crippen LogP contribution is -2.46. The minimum absolute atomic E-state index is 0.674. The number of piperazine rings is 1. The Balaban J connectivity index is 1.27. The number of hydrogen-bond acceptors (Lipinski definition) is 5. The molecule has 3 heterocycles. The van der Waals surface area contributed by atoms with Gasteiger partial charge in [0.15, 0.2) is 0 Å².